The van der Waals surface area contributed by atoms with E-state index in [-0.39, 0.29) is 23.4 Å². The zero-order valence-electron chi connectivity index (χ0n) is 15.6. The third-order valence-electron chi connectivity index (χ3n) is 4.17. The number of aryl methyl sites for hydroxylation is 1. The highest BCUT2D eigenvalue weighted by atomic mass is 35.5. The van der Waals surface area contributed by atoms with Crippen molar-refractivity contribution in [2.45, 2.75) is 6.92 Å². The van der Waals surface area contributed by atoms with Crippen molar-refractivity contribution in [1.82, 2.24) is 0 Å². The molecular formula is C22H19ClFN3O2. The normalized spacial score (nSPS) is 10.3. The van der Waals surface area contributed by atoms with E-state index < -0.39 is 5.82 Å². The molecule has 0 aliphatic rings. The van der Waals surface area contributed by atoms with E-state index in [9.17, 15) is 14.0 Å². The van der Waals surface area contributed by atoms with Crippen LogP contribution in [0.15, 0.2) is 66.7 Å². The first-order valence-electron chi connectivity index (χ1n) is 8.88. The van der Waals surface area contributed by atoms with Crippen molar-refractivity contribution in [3.05, 3.63) is 88.7 Å². The second-order valence-corrected chi connectivity index (χ2v) is 6.79. The Kier molecular flexibility index (Phi) is 6.46. The molecule has 0 radical (unpaired) electrons. The molecule has 3 aromatic rings. The molecule has 0 fully saturated rings. The highest BCUT2D eigenvalue weighted by Crippen LogP contribution is 2.20. The summed E-state index contributed by atoms with van der Waals surface area (Å²) in [5, 5.41) is 8.41. The molecule has 0 heterocycles. The zero-order valence-corrected chi connectivity index (χ0v) is 16.4. The molecule has 3 N–H and O–H groups in total. The third-order valence-corrected chi connectivity index (χ3v) is 4.46. The fraction of sp³-hybridized carbons (Fsp3) is 0.0909. The van der Waals surface area contributed by atoms with Crippen LogP contribution in [-0.2, 0) is 4.79 Å². The van der Waals surface area contributed by atoms with Crippen molar-refractivity contribution in [3.63, 3.8) is 0 Å². The average Bonchev–Trinajstić information content (AvgIpc) is 2.71. The first-order chi connectivity index (χ1) is 13.9. The number of rotatable bonds is 6. The van der Waals surface area contributed by atoms with E-state index in [1.807, 2.05) is 25.1 Å². The molecule has 29 heavy (non-hydrogen) atoms. The molecule has 0 unspecified atom stereocenters. The molecule has 2 amide bonds. The van der Waals surface area contributed by atoms with Crippen LogP contribution < -0.4 is 16.0 Å². The molecule has 0 spiro atoms. The second-order valence-electron chi connectivity index (χ2n) is 6.38. The summed E-state index contributed by atoms with van der Waals surface area (Å²) in [6.07, 6.45) is 0. The van der Waals surface area contributed by atoms with Gasteiger partial charge in [0.2, 0.25) is 5.91 Å². The maximum absolute atomic E-state index is 13.2. The van der Waals surface area contributed by atoms with Crippen LogP contribution in [0.2, 0.25) is 5.02 Å². The van der Waals surface area contributed by atoms with Crippen molar-refractivity contribution in [3.8, 4) is 0 Å². The minimum Gasteiger partial charge on any atom is -0.376 e. The highest BCUT2D eigenvalue weighted by Gasteiger charge is 2.10. The van der Waals surface area contributed by atoms with E-state index in [1.165, 1.54) is 18.2 Å². The molecule has 3 aromatic carbocycles. The number of carbonyl (C=O) groups is 2. The van der Waals surface area contributed by atoms with E-state index in [0.717, 1.165) is 5.56 Å². The Morgan fingerprint density at radius 3 is 2.41 bits per heavy atom. The summed E-state index contributed by atoms with van der Waals surface area (Å²) in [7, 11) is 0. The summed E-state index contributed by atoms with van der Waals surface area (Å²) in [6.45, 7) is 1.85. The van der Waals surface area contributed by atoms with E-state index in [1.54, 1.807) is 30.3 Å². The molecular weight excluding hydrogens is 393 g/mol. The van der Waals surface area contributed by atoms with Crippen LogP contribution in [-0.4, -0.2) is 18.4 Å². The minimum absolute atomic E-state index is 0.0282. The smallest absolute Gasteiger partial charge is 0.255 e. The van der Waals surface area contributed by atoms with Crippen LogP contribution in [0.3, 0.4) is 0 Å². The molecule has 0 aromatic heterocycles. The van der Waals surface area contributed by atoms with Crippen molar-refractivity contribution < 1.29 is 14.0 Å². The number of benzene rings is 3. The van der Waals surface area contributed by atoms with Crippen LogP contribution in [0.1, 0.15) is 15.9 Å². The molecule has 0 bridgehead atoms. The van der Waals surface area contributed by atoms with E-state index in [2.05, 4.69) is 16.0 Å². The Labute approximate surface area is 172 Å². The largest absolute Gasteiger partial charge is 0.376 e. The molecule has 7 heteroatoms. The van der Waals surface area contributed by atoms with E-state index >= 15 is 0 Å². The molecule has 5 nitrogen and oxygen atoms in total. The second kappa shape index (κ2) is 9.21. The van der Waals surface area contributed by atoms with Crippen LogP contribution in [0.5, 0.6) is 0 Å². The SMILES string of the molecule is Cc1ccc(C(=O)Nc2ccccc2)cc1NCC(=O)Nc1ccc(F)c(Cl)c1. The van der Waals surface area contributed by atoms with Crippen LogP contribution in [0.4, 0.5) is 21.5 Å². The van der Waals surface area contributed by atoms with Crippen LogP contribution >= 0.6 is 11.6 Å². The van der Waals surface area contributed by atoms with Gasteiger partial charge in [0, 0.05) is 22.6 Å². The first-order valence-corrected chi connectivity index (χ1v) is 9.26. The Hall–Kier alpha value is -3.38. The summed E-state index contributed by atoms with van der Waals surface area (Å²) >= 11 is 5.72. The number of nitrogens with one attached hydrogen (secondary N) is 3. The third kappa shape index (κ3) is 5.56. The summed E-state index contributed by atoms with van der Waals surface area (Å²) < 4.78 is 13.2. The van der Waals surface area contributed by atoms with Gasteiger partial charge in [-0.25, -0.2) is 4.39 Å². The Bertz CT molecular complexity index is 1040. The first kappa shape index (κ1) is 20.4. The van der Waals surface area contributed by atoms with Gasteiger partial charge in [-0.15, -0.1) is 0 Å². The van der Waals surface area contributed by atoms with Crippen LogP contribution in [0, 0.1) is 12.7 Å². The number of hydrogen-bond acceptors (Lipinski definition) is 3. The summed E-state index contributed by atoms with van der Waals surface area (Å²) in [4.78, 5) is 24.6. The molecule has 0 saturated carbocycles. The number of hydrogen-bond donors (Lipinski definition) is 3. The van der Waals surface area contributed by atoms with Gasteiger partial charge < -0.3 is 16.0 Å². The standard InChI is InChI=1S/C22H19ClFN3O2/c1-14-7-8-15(22(29)27-16-5-3-2-4-6-16)11-20(14)25-13-21(28)26-17-9-10-19(24)18(23)12-17/h2-12,25H,13H2,1H3,(H,26,28)(H,27,29). The Morgan fingerprint density at radius 2 is 1.69 bits per heavy atom. The molecule has 0 aliphatic carbocycles. The quantitative estimate of drug-likeness (QED) is 0.529. The number of para-hydroxylation sites is 1. The van der Waals surface area contributed by atoms with Gasteiger partial charge in [0.25, 0.3) is 5.91 Å². The van der Waals surface area contributed by atoms with Gasteiger partial charge in [-0.2, -0.15) is 0 Å². The lowest BCUT2D eigenvalue weighted by atomic mass is 10.1. The van der Waals surface area contributed by atoms with Crippen molar-refractivity contribution in [2.75, 3.05) is 22.5 Å². The number of halogens is 2. The molecule has 0 atom stereocenters. The lowest BCUT2D eigenvalue weighted by molar-refractivity contribution is -0.114. The topological polar surface area (TPSA) is 70.2 Å². The van der Waals surface area contributed by atoms with Gasteiger partial charge in [-0.1, -0.05) is 35.9 Å². The van der Waals surface area contributed by atoms with Crippen molar-refractivity contribution in [2.24, 2.45) is 0 Å². The number of carbonyl (C=O) groups excluding carboxylic acids is 2. The zero-order chi connectivity index (χ0) is 20.8. The summed E-state index contributed by atoms with van der Waals surface area (Å²) in [6, 6.07) is 18.3. The molecule has 3 rings (SSSR count). The highest BCUT2D eigenvalue weighted by molar-refractivity contribution is 6.31. The van der Waals surface area contributed by atoms with E-state index in [0.29, 0.717) is 22.6 Å². The van der Waals surface area contributed by atoms with E-state index in [4.69, 9.17) is 11.6 Å². The Balaban J connectivity index is 1.63. The monoisotopic (exact) mass is 411 g/mol. The van der Waals surface area contributed by atoms with Gasteiger partial charge in [0.15, 0.2) is 0 Å². The number of amides is 2. The van der Waals surface area contributed by atoms with Crippen LogP contribution in [0.25, 0.3) is 0 Å². The van der Waals surface area contributed by atoms with Gasteiger partial charge in [-0.05, 0) is 55.0 Å². The summed E-state index contributed by atoms with van der Waals surface area (Å²) in [5.74, 6) is -1.13. The average molecular weight is 412 g/mol. The van der Waals surface area contributed by atoms with Gasteiger partial charge >= 0.3 is 0 Å². The van der Waals surface area contributed by atoms with Crippen molar-refractivity contribution >= 4 is 40.5 Å². The lowest BCUT2D eigenvalue weighted by Gasteiger charge is -2.12. The van der Waals surface area contributed by atoms with Gasteiger partial charge in [-0.3, -0.25) is 9.59 Å². The van der Waals surface area contributed by atoms with Crippen molar-refractivity contribution in [1.29, 1.82) is 0 Å². The fourth-order valence-corrected chi connectivity index (χ4v) is 2.81. The predicted octanol–water partition coefficient (Wildman–Crippen LogP) is 5.09. The molecule has 0 aliphatic heterocycles. The summed E-state index contributed by atoms with van der Waals surface area (Å²) in [5.41, 5.74) is 3.12. The predicted molar refractivity (Wildman–Crippen MR) is 114 cm³/mol. The lowest BCUT2D eigenvalue weighted by Crippen LogP contribution is -2.22. The maximum Gasteiger partial charge on any atom is 0.255 e. The molecule has 148 valence electrons. The van der Waals surface area contributed by atoms with Gasteiger partial charge in [0.05, 0.1) is 11.6 Å². The Morgan fingerprint density at radius 1 is 0.931 bits per heavy atom. The minimum atomic E-state index is -0.552. The number of anilines is 3. The molecule has 0 saturated heterocycles. The van der Waals surface area contributed by atoms with Gasteiger partial charge in [0.1, 0.15) is 5.82 Å². The fourth-order valence-electron chi connectivity index (χ4n) is 2.63. The maximum atomic E-state index is 13.2.